The highest BCUT2D eigenvalue weighted by Gasteiger charge is 2.27. The van der Waals surface area contributed by atoms with Crippen molar-refractivity contribution >= 4 is 17.7 Å². The highest BCUT2D eigenvalue weighted by Crippen LogP contribution is 2.30. The van der Waals surface area contributed by atoms with Crippen LogP contribution in [0.3, 0.4) is 0 Å². The molecule has 4 nitrogen and oxygen atoms in total. The third-order valence-corrected chi connectivity index (χ3v) is 4.47. The molecule has 5 heteroatoms. The fraction of sp³-hybridized carbons (Fsp3) is 0.917. The predicted molar refractivity (Wildman–Crippen MR) is 72.2 cm³/mol. The molecule has 0 aromatic heterocycles. The number of amides is 1. The lowest BCUT2D eigenvalue weighted by atomic mass is 10.1. The number of carbonyl (C=O) groups excluding carboxylic acids is 1. The van der Waals surface area contributed by atoms with Crippen LogP contribution >= 0.6 is 11.8 Å². The number of hydrogen-bond donors (Lipinski definition) is 1. The minimum absolute atomic E-state index is 0.0698. The minimum atomic E-state index is -0.416. The zero-order valence-corrected chi connectivity index (χ0v) is 11.9. The molecule has 1 aliphatic heterocycles. The van der Waals surface area contributed by atoms with E-state index >= 15 is 0 Å². The van der Waals surface area contributed by atoms with Gasteiger partial charge in [-0.2, -0.15) is 11.8 Å². The first-order chi connectivity index (χ1) is 7.96. The number of thioether (sulfide) groups is 1. The molecule has 0 spiro atoms. The average Bonchev–Trinajstić information content (AvgIpc) is 2.46. The fourth-order valence-electron chi connectivity index (χ4n) is 1.84. The van der Waals surface area contributed by atoms with E-state index in [0.29, 0.717) is 13.0 Å². The van der Waals surface area contributed by atoms with Crippen molar-refractivity contribution in [2.24, 2.45) is 5.73 Å². The van der Waals surface area contributed by atoms with Gasteiger partial charge in [0.15, 0.2) is 0 Å². The summed E-state index contributed by atoms with van der Waals surface area (Å²) in [7, 11) is 1.63. The summed E-state index contributed by atoms with van der Waals surface area (Å²) in [6.07, 6.45) is 1.63. The molecule has 1 saturated heterocycles. The third kappa shape index (κ3) is 4.85. The van der Waals surface area contributed by atoms with Gasteiger partial charge in [-0.3, -0.25) is 4.79 Å². The van der Waals surface area contributed by atoms with Crippen LogP contribution in [0.4, 0.5) is 0 Å². The second kappa shape index (κ2) is 6.61. The van der Waals surface area contributed by atoms with Crippen molar-refractivity contribution in [2.45, 2.75) is 37.5 Å². The molecule has 17 heavy (non-hydrogen) atoms. The summed E-state index contributed by atoms with van der Waals surface area (Å²) < 4.78 is 5.22. The van der Waals surface area contributed by atoms with Crippen molar-refractivity contribution in [3.05, 3.63) is 0 Å². The van der Waals surface area contributed by atoms with Gasteiger partial charge in [-0.1, -0.05) is 13.8 Å². The van der Waals surface area contributed by atoms with Gasteiger partial charge in [-0.15, -0.1) is 0 Å². The molecule has 1 rings (SSSR count). The Bertz CT molecular complexity index is 259. The molecular weight excluding hydrogens is 236 g/mol. The normalized spacial score (nSPS) is 22.0. The number of carbonyl (C=O) groups is 1. The van der Waals surface area contributed by atoms with E-state index in [1.165, 1.54) is 0 Å². The Morgan fingerprint density at radius 2 is 2.24 bits per heavy atom. The van der Waals surface area contributed by atoms with E-state index in [0.717, 1.165) is 25.3 Å². The van der Waals surface area contributed by atoms with Crippen molar-refractivity contribution in [1.82, 2.24) is 4.90 Å². The standard InChI is InChI=1S/C12H24N2O2S/c1-12(2)5-6-14(7-9-17-12)11(15)10(13)4-8-16-3/h10H,4-9,13H2,1-3H3. The van der Waals surface area contributed by atoms with Crippen LogP contribution in [0.5, 0.6) is 0 Å². The van der Waals surface area contributed by atoms with Crippen molar-refractivity contribution in [3.8, 4) is 0 Å². The Labute approximate surface area is 108 Å². The quantitative estimate of drug-likeness (QED) is 0.822. The maximum atomic E-state index is 12.1. The molecule has 0 bridgehead atoms. The molecule has 0 aliphatic carbocycles. The van der Waals surface area contributed by atoms with Gasteiger partial charge in [-0.05, 0) is 12.8 Å². The van der Waals surface area contributed by atoms with Crippen molar-refractivity contribution < 1.29 is 9.53 Å². The maximum Gasteiger partial charge on any atom is 0.239 e. The zero-order valence-electron chi connectivity index (χ0n) is 11.1. The van der Waals surface area contributed by atoms with Crippen LogP contribution in [-0.2, 0) is 9.53 Å². The molecule has 1 unspecified atom stereocenters. The number of ether oxygens (including phenoxy) is 1. The highest BCUT2D eigenvalue weighted by molar-refractivity contribution is 8.00. The van der Waals surface area contributed by atoms with E-state index in [1.807, 2.05) is 16.7 Å². The Hall–Kier alpha value is -0.260. The molecule has 100 valence electrons. The number of rotatable bonds is 4. The van der Waals surface area contributed by atoms with Crippen LogP contribution in [0.2, 0.25) is 0 Å². The summed E-state index contributed by atoms with van der Waals surface area (Å²) in [4.78, 5) is 14.0. The molecule has 1 heterocycles. The molecule has 0 aromatic carbocycles. The fourth-order valence-corrected chi connectivity index (χ4v) is 2.94. The minimum Gasteiger partial charge on any atom is -0.385 e. The van der Waals surface area contributed by atoms with E-state index in [2.05, 4.69) is 13.8 Å². The number of nitrogens with zero attached hydrogens (tertiary/aromatic N) is 1. The molecule has 0 radical (unpaired) electrons. The highest BCUT2D eigenvalue weighted by atomic mass is 32.2. The van der Waals surface area contributed by atoms with Crippen molar-refractivity contribution in [2.75, 3.05) is 32.6 Å². The predicted octanol–water partition coefficient (Wildman–Crippen LogP) is 1.09. The van der Waals surface area contributed by atoms with Gasteiger partial charge in [-0.25, -0.2) is 0 Å². The van der Waals surface area contributed by atoms with Crippen LogP contribution in [0.1, 0.15) is 26.7 Å². The van der Waals surface area contributed by atoms with E-state index < -0.39 is 6.04 Å². The summed E-state index contributed by atoms with van der Waals surface area (Å²) >= 11 is 1.93. The summed E-state index contributed by atoms with van der Waals surface area (Å²) in [5.74, 6) is 1.07. The van der Waals surface area contributed by atoms with Crippen LogP contribution in [0.25, 0.3) is 0 Å². The second-order valence-electron chi connectivity index (χ2n) is 5.07. The molecule has 1 fully saturated rings. The smallest absolute Gasteiger partial charge is 0.239 e. The molecule has 1 atom stereocenters. The van der Waals surface area contributed by atoms with Crippen LogP contribution in [-0.4, -0.2) is 54.2 Å². The monoisotopic (exact) mass is 260 g/mol. The first-order valence-electron chi connectivity index (χ1n) is 6.13. The van der Waals surface area contributed by atoms with E-state index in [9.17, 15) is 4.79 Å². The lowest BCUT2D eigenvalue weighted by molar-refractivity contribution is -0.132. The molecule has 0 saturated carbocycles. The summed E-state index contributed by atoms with van der Waals surface area (Å²) in [6, 6.07) is -0.416. The summed E-state index contributed by atoms with van der Waals surface area (Å²) in [5, 5.41) is 0. The Morgan fingerprint density at radius 1 is 1.53 bits per heavy atom. The number of methoxy groups -OCH3 is 1. The number of nitrogens with two attached hydrogens (primary N) is 1. The molecular formula is C12H24N2O2S. The SMILES string of the molecule is COCCC(N)C(=O)N1CCSC(C)(C)CC1. The van der Waals surface area contributed by atoms with Crippen molar-refractivity contribution in [3.63, 3.8) is 0 Å². The lowest BCUT2D eigenvalue weighted by Gasteiger charge is -2.25. The van der Waals surface area contributed by atoms with Gasteiger partial charge < -0.3 is 15.4 Å². The summed E-state index contributed by atoms with van der Waals surface area (Å²) in [6.45, 7) is 6.64. The van der Waals surface area contributed by atoms with Crippen LogP contribution in [0.15, 0.2) is 0 Å². The number of hydrogen-bond acceptors (Lipinski definition) is 4. The third-order valence-electron chi connectivity index (χ3n) is 3.10. The molecule has 2 N–H and O–H groups in total. The Morgan fingerprint density at radius 3 is 2.88 bits per heavy atom. The largest absolute Gasteiger partial charge is 0.385 e. The summed E-state index contributed by atoms with van der Waals surface area (Å²) in [5.41, 5.74) is 5.87. The first kappa shape index (κ1) is 14.8. The van der Waals surface area contributed by atoms with Crippen molar-refractivity contribution in [1.29, 1.82) is 0 Å². The van der Waals surface area contributed by atoms with Gasteiger partial charge in [0.1, 0.15) is 0 Å². The van der Waals surface area contributed by atoms with Crippen LogP contribution < -0.4 is 5.73 Å². The zero-order chi connectivity index (χ0) is 12.9. The van der Waals surface area contributed by atoms with E-state index in [-0.39, 0.29) is 10.7 Å². The second-order valence-corrected chi connectivity index (χ2v) is 6.87. The first-order valence-corrected chi connectivity index (χ1v) is 7.12. The Kier molecular flexibility index (Phi) is 5.76. The van der Waals surface area contributed by atoms with Gasteiger partial charge in [0, 0.05) is 37.3 Å². The van der Waals surface area contributed by atoms with Gasteiger partial charge in [0.2, 0.25) is 5.91 Å². The van der Waals surface area contributed by atoms with Crippen LogP contribution in [0, 0.1) is 0 Å². The molecule has 1 amide bonds. The molecule has 0 aromatic rings. The van der Waals surface area contributed by atoms with E-state index in [1.54, 1.807) is 7.11 Å². The molecule has 1 aliphatic rings. The maximum absolute atomic E-state index is 12.1. The van der Waals surface area contributed by atoms with Gasteiger partial charge >= 0.3 is 0 Å². The van der Waals surface area contributed by atoms with E-state index in [4.69, 9.17) is 10.5 Å². The topological polar surface area (TPSA) is 55.6 Å². The van der Waals surface area contributed by atoms with Gasteiger partial charge in [0.05, 0.1) is 6.04 Å². The average molecular weight is 260 g/mol. The Balaban J connectivity index is 2.46. The lowest BCUT2D eigenvalue weighted by Crippen LogP contribution is -2.45. The van der Waals surface area contributed by atoms with Gasteiger partial charge in [0.25, 0.3) is 0 Å².